The van der Waals surface area contributed by atoms with Crippen molar-refractivity contribution < 1.29 is 23.8 Å². The second kappa shape index (κ2) is 9.65. The molecular formula is C21H26N2O5S. The van der Waals surface area contributed by atoms with Crippen molar-refractivity contribution in [3.05, 3.63) is 40.3 Å². The lowest BCUT2D eigenvalue weighted by molar-refractivity contribution is -0.116. The van der Waals surface area contributed by atoms with Gasteiger partial charge >= 0.3 is 6.16 Å². The molecule has 1 unspecified atom stereocenters. The summed E-state index contributed by atoms with van der Waals surface area (Å²) in [5.74, 6) is 0.948. The van der Waals surface area contributed by atoms with Gasteiger partial charge in [0, 0.05) is 11.3 Å². The molecule has 0 saturated carbocycles. The SMILES string of the molecule is COC(=O)OCC1CCc2c(sc(NC(=O)CCc3cccc(OC)c3)c2N)C1. The number of nitrogens with one attached hydrogen (secondary N) is 1. The Morgan fingerprint density at radius 3 is 2.90 bits per heavy atom. The van der Waals surface area contributed by atoms with Gasteiger partial charge in [-0.3, -0.25) is 4.79 Å². The Balaban J connectivity index is 1.56. The van der Waals surface area contributed by atoms with Crippen LogP contribution in [0.3, 0.4) is 0 Å². The fraction of sp³-hybridized carbons (Fsp3) is 0.429. The zero-order chi connectivity index (χ0) is 20.8. The first kappa shape index (κ1) is 21.0. The van der Waals surface area contributed by atoms with Gasteiger partial charge in [-0.05, 0) is 54.9 Å². The van der Waals surface area contributed by atoms with Crippen LogP contribution in [0.15, 0.2) is 24.3 Å². The quantitative estimate of drug-likeness (QED) is 0.664. The fourth-order valence-electron chi connectivity index (χ4n) is 3.43. The predicted octanol–water partition coefficient (Wildman–Crippen LogP) is 3.80. The molecule has 0 spiro atoms. The van der Waals surface area contributed by atoms with Gasteiger partial charge in [0.25, 0.3) is 0 Å². The lowest BCUT2D eigenvalue weighted by Crippen LogP contribution is -2.20. The van der Waals surface area contributed by atoms with Crippen LogP contribution in [-0.4, -0.2) is 32.9 Å². The maximum absolute atomic E-state index is 12.4. The van der Waals surface area contributed by atoms with E-state index < -0.39 is 6.16 Å². The standard InChI is InChI=1S/C21H26N2O5S/c1-26-15-5-3-4-13(10-15)7-9-18(24)23-20-19(22)16-8-6-14(11-17(16)29-20)12-28-21(25)27-2/h3-5,10,14H,6-9,11-12,22H2,1-2H3,(H,23,24). The largest absolute Gasteiger partial charge is 0.507 e. The summed E-state index contributed by atoms with van der Waals surface area (Å²) < 4.78 is 14.8. The van der Waals surface area contributed by atoms with E-state index in [9.17, 15) is 9.59 Å². The number of hydrogen-bond acceptors (Lipinski definition) is 7. The van der Waals surface area contributed by atoms with E-state index in [2.05, 4.69) is 10.1 Å². The number of nitrogens with two attached hydrogens (primary N) is 1. The van der Waals surface area contributed by atoms with Crippen LogP contribution in [0.1, 0.15) is 28.8 Å². The number of carbonyl (C=O) groups is 2. The maximum atomic E-state index is 12.4. The molecule has 1 aliphatic rings. The summed E-state index contributed by atoms with van der Waals surface area (Å²) >= 11 is 1.51. The third kappa shape index (κ3) is 5.41. The first-order valence-corrected chi connectivity index (χ1v) is 10.3. The van der Waals surface area contributed by atoms with Crippen LogP contribution in [-0.2, 0) is 33.5 Å². The van der Waals surface area contributed by atoms with Gasteiger partial charge in [0.1, 0.15) is 10.8 Å². The van der Waals surface area contributed by atoms with Crippen molar-refractivity contribution in [3.8, 4) is 5.75 Å². The van der Waals surface area contributed by atoms with Crippen LogP contribution < -0.4 is 15.8 Å². The number of rotatable bonds is 7. The van der Waals surface area contributed by atoms with Crippen molar-refractivity contribution in [1.29, 1.82) is 0 Å². The van der Waals surface area contributed by atoms with Crippen molar-refractivity contribution in [3.63, 3.8) is 0 Å². The van der Waals surface area contributed by atoms with Gasteiger partial charge in [-0.25, -0.2) is 4.79 Å². The fourth-order valence-corrected chi connectivity index (χ4v) is 4.73. The number of aryl methyl sites for hydroxylation is 1. The van der Waals surface area contributed by atoms with Crippen LogP contribution >= 0.6 is 11.3 Å². The molecule has 0 fully saturated rings. The molecule has 3 N–H and O–H groups in total. The lowest BCUT2D eigenvalue weighted by Gasteiger charge is -2.21. The van der Waals surface area contributed by atoms with Crippen LogP contribution in [0, 0.1) is 5.92 Å². The highest BCUT2D eigenvalue weighted by Crippen LogP contribution is 2.41. The number of methoxy groups -OCH3 is 2. The number of nitrogen functional groups attached to an aromatic ring is 1. The highest BCUT2D eigenvalue weighted by Gasteiger charge is 2.26. The lowest BCUT2D eigenvalue weighted by atomic mass is 9.89. The topological polar surface area (TPSA) is 99.9 Å². The van der Waals surface area contributed by atoms with Gasteiger partial charge in [0.15, 0.2) is 0 Å². The van der Waals surface area contributed by atoms with Crippen LogP contribution in [0.4, 0.5) is 15.5 Å². The summed E-state index contributed by atoms with van der Waals surface area (Å²) in [5.41, 5.74) is 9.09. The zero-order valence-electron chi connectivity index (χ0n) is 16.7. The third-order valence-corrected chi connectivity index (χ3v) is 6.23. The number of hydrogen-bond donors (Lipinski definition) is 2. The molecule has 0 bridgehead atoms. The van der Waals surface area contributed by atoms with Crippen molar-refractivity contribution in [2.45, 2.75) is 32.1 Å². The van der Waals surface area contributed by atoms with E-state index in [0.29, 0.717) is 30.1 Å². The van der Waals surface area contributed by atoms with Gasteiger partial charge in [-0.2, -0.15) is 0 Å². The predicted molar refractivity (Wildman–Crippen MR) is 113 cm³/mol. The van der Waals surface area contributed by atoms with E-state index in [1.807, 2.05) is 24.3 Å². The first-order chi connectivity index (χ1) is 14.0. The molecule has 1 atom stereocenters. The summed E-state index contributed by atoms with van der Waals surface area (Å²) in [7, 11) is 2.92. The number of ether oxygens (including phenoxy) is 3. The number of thiophene rings is 1. The molecule has 1 heterocycles. The minimum Gasteiger partial charge on any atom is -0.497 e. The Kier molecular flexibility index (Phi) is 6.98. The summed E-state index contributed by atoms with van der Waals surface area (Å²) in [5, 5.41) is 3.67. The first-order valence-electron chi connectivity index (χ1n) is 9.53. The van der Waals surface area contributed by atoms with E-state index >= 15 is 0 Å². The Hall–Kier alpha value is -2.74. The van der Waals surface area contributed by atoms with Crippen molar-refractivity contribution in [1.82, 2.24) is 0 Å². The second-order valence-electron chi connectivity index (χ2n) is 7.02. The van der Waals surface area contributed by atoms with Crippen molar-refractivity contribution in [2.24, 2.45) is 5.92 Å². The van der Waals surface area contributed by atoms with Crippen molar-refractivity contribution in [2.75, 3.05) is 31.9 Å². The molecule has 7 nitrogen and oxygen atoms in total. The van der Waals surface area contributed by atoms with E-state index in [1.165, 1.54) is 18.4 Å². The summed E-state index contributed by atoms with van der Waals surface area (Å²) in [4.78, 5) is 24.7. The van der Waals surface area contributed by atoms with Gasteiger partial charge in [-0.15, -0.1) is 11.3 Å². The monoisotopic (exact) mass is 418 g/mol. The molecule has 1 aromatic heterocycles. The Bertz CT molecular complexity index is 880. The number of fused-ring (bicyclic) bond motifs is 1. The van der Waals surface area contributed by atoms with Crippen LogP contribution in [0.25, 0.3) is 0 Å². The van der Waals surface area contributed by atoms with Gasteiger partial charge < -0.3 is 25.3 Å². The number of anilines is 2. The normalized spacial score (nSPS) is 15.3. The maximum Gasteiger partial charge on any atom is 0.507 e. The molecule has 1 aromatic carbocycles. The molecule has 0 saturated heterocycles. The average Bonchev–Trinajstić information content (AvgIpc) is 3.05. The molecule has 3 rings (SSSR count). The minimum atomic E-state index is -0.662. The van der Waals surface area contributed by atoms with E-state index in [4.69, 9.17) is 15.2 Å². The van der Waals surface area contributed by atoms with E-state index in [0.717, 1.165) is 41.0 Å². The summed E-state index contributed by atoms with van der Waals surface area (Å²) in [6.45, 7) is 0.326. The Morgan fingerprint density at radius 2 is 2.14 bits per heavy atom. The van der Waals surface area contributed by atoms with Crippen molar-refractivity contribution >= 4 is 34.1 Å². The molecule has 0 aliphatic heterocycles. The zero-order valence-corrected chi connectivity index (χ0v) is 17.5. The number of carbonyl (C=O) groups excluding carboxylic acids is 2. The van der Waals surface area contributed by atoms with Gasteiger partial charge in [-0.1, -0.05) is 12.1 Å². The molecule has 29 heavy (non-hydrogen) atoms. The van der Waals surface area contributed by atoms with Gasteiger partial charge in [0.05, 0.1) is 26.5 Å². The molecule has 8 heteroatoms. The molecule has 2 aromatic rings. The Labute approximate surface area is 174 Å². The molecule has 1 aliphatic carbocycles. The summed E-state index contributed by atoms with van der Waals surface area (Å²) in [6, 6.07) is 7.70. The third-order valence-electron chi connectivity index (χ3n) is 5.04. The highest BCUT2D eigenvalue weighted by atomic mass is 32.1. The summed E-state index contributed by atoms with van der Waals surface area (Å²) in [6.07, 6.45) is 2.80. The second-order valence-corrected chi connectivity index (χ2v) is 8.13. The number of amides is 1. The average molecular weight is 419 g/mol. The van der Waals surface area contributed by atoms with Gasteiger partial charge in [0.2, 0.25) is 5.91 Å². The molecule has 156 valence electrons. The van der Waals surface area contributed by atoms with E-state index in [1.54, 1.807) is 7.11 Å². The van der Waals surface area contributed by atoms with Crippen LogP contribution in [0.2, 0.25) is 0 Å². The Morgan fingerprint density at radius 1 is 1.31 bits per heavy atom. The van der Waals surface area contributed by atoms with Crippen LogP contribution in [0.5, 0.6) is 5.75 Å². The minimum absolute atomic E-state index is 0.0660. The highest BCUT2D eigenvalue weighted by molar-refractivity contribution is 7.17. The number of benzene rings is 1. The van der Waals surface area contributed by atoms with E-state index in [-0.39, 0.29) is 11.8 Å². The molecular weight excluding hydrogens is 392 g/mol. The smallest absolute Gasteiger partial charge is 0.497 e. The molecule has 0 radical (unpaired) electrons. The molecule has 1 amide bonds.